The minimum atomic E-state index is -0.673. The van der Waals surface area contributed by atoms with Crippen LogP contribution in [-0.4, -0.2) is 51.6 Å². The van der Waals surface area contributed by atoms with Crippen LogP contribution in [0.5, 0.6) is 0 Å². The van der Waals surface area contributed by atoms with Gasteiger partial charge in [0, 0.05) is 19.0 Å². The number of piperazine rings is 1. The van der Waals surface area contributed by atoms with Crippen molar-refractivity contribution in [1.82, 2.24) is 9.80 Å². The molecule has 1 aliphatic carbocycles. The smallest absolute Gasteiger partial charge is 0.411 e. The molecule has 1 saturated carbocycles. The van der Waals surface area contributed by atoms with Crippen LogP contribution in [-0.2, 0) is 9.53 Å². The molecule has 2 bridgehead atoms. The Morgan fingerprint density at radius 3 is 2.47 bits per heavy atom. The molecule has 0 spiro atoms. The van der Waals surface area contributed by atoms with Crippen LogP contribution in [0, 0.1) is 0 Å². The van der Waals surface area contributed by atoms with Crippen LogP contribution in [0.15, 0.2) is 0 Å². The highest BCUT2D eigenvalue weighted by atomic mass is 16.6. The van der Waals surface area contributed by atoms with Gasteiger partial charge in [-0.1, -0.05) is 0 Å². The number of carbonyl (C=O) groups excluding carboxylic acids is 2. The van der Waals surface area contributed by atoms with Crippen molar-refractivity contribution < 1.29 is 14.3 Å². The van der Waals surface area contributed by atoms with Crippen molar-refractivity contribution in [1.29, 1.82) is 0 Å². The quantitative estimate of drug-likeness (QED) is 0.726. The molecule has 3 saturated heterocycles. The lowest BCUT2D eigenvalue weighted by molar-refractivity contribution is -0.176. The van der Waals surface area contributed by atoms with Crippen molar-refractivity contribution in [3.8, 4) is 0 Å². The Balaban J connectivity index is 1.75. The molecule has 0 aromatic rings. The molecular weight excluding hydrogens is 244 g/mol. The van der Waals surface area contributed by atoms with Gasteiger partial charge >= 0.3 is 6.09 Å². The summed E-state index contributed by atoms with van der Waals surface area (Å²) in [5.41, 5.74) is -1.19. The Labute approximate surface area is 113 Å². The van der Waals surface area contributed by atoms with Crippen molar-refractivity contribution in [2.75, 3.05) is 6.54 Å². The van der Waals surface area contributed by atoms with Gasteiger partial charge in [-0.25, -0.2) is 4.79 Å². The number of ether oxygens (including phenoxy) is 1. The molecule has 2 amide bonds. The fourth-order valence-corrected chi connectivity index (χ4v) is 3.26. The van der Waals surface area contributed by atoms with E-state index in [1.54, 1.807) is 4.90 Å². The second kappa shape index (κ2) is 3.64. The van der Waals surface area contributed by atoms with E-state index in [1.165, 1.54) is 0 Å². The van der Waals surface area contributed by atoms with E-state index < -0.39 is 11.1 Å². The number of nitrogens with zero attached hydrogens (tertiary/aromatic N) is 2. The van der Waals surface area contributed by atoms with Crippen LogP contribution in [0.1, 0.15) is 47.0 Å². The van der Waals surface area contributed by atoms with Crippen LogP contribution in [0.4, 0.5) is 4.79 Å². The molecule has 5 heteroatoms. The summed E-state index contributed by atoms with van der Waals surface area (Å²) in [6, 6.07) is 0.563. The molecule has 0 N–H and O–H groups in total. The molecule has 19 heavy (non-hydrogen) atoms. The summed E-state index contributed by atoms with van der Waals surface area (Å²) in [4.78, 5) is 28.4. The maximum atomic E-state index is 12.5. The normalized spacial score (nSPS) is 34.1. The predicted octanol–water partition coefficient (Wildman–Crippen LogP) is 1.76. The van der Waals surface area contributed by atoms with Gasteiger partial charge in [0.25, 0.3) is 0 Å². The largest absolute Gasteiger partial charge is 0.444 e. The first-order chi connectivity index (χ1) is 8.72. The summed E-state index contributed by atoms with van der Waals surface area (Å²) >= 11 is 0. The standard InChI is InChI=1S/C14H22N2O3/c1-13(2,3)19-12(18)16-10-7-14(16,4)11(17)15(8-10)9-5-6-9/h9-10H,5-8H2,1-4H3/t10-,14+/m1/s1. The molecule has 0 unspecified atom stereocenters. The number of amides is 2. The molecule has 106 valence electrons. The highest BCUT2D eigenvalue weighted by molar-refractivity contribution is 5.94. The number of carbonyl (C=O) groups is 2. The number of piperidine rings is 1. The summed E-state index contributed by atoms with van der Waals surface area (Å²) in [5, 5.41) is 0. The number of fused-ring (bicyclic) bond motifs is 2. The predicted molar refractivity (Wildman–Crippen MR) is 69.6 cm³/mol. The topological polar surface area (TPSA) is 49.9 Å². The molecule has 0 aromatic carbocycles. The Kier molecular flexibility index (Phi) is 2.45. The third kappa shape index (κ3) is 1.90. The summed E-state index contributed by atoms with van der Waals surface area (Å²) in [7, 11) is 0. The van der Waals surface area contributed by atoms with Gasteiger partial charge in [0.1, 0.15) is 11.1 Å². The van der Waals surface area contributed by atoms with E-state index in [0.717, 1.165) is 19.3 Å². The van der Waals surface area contributed by atoms with Gasteiger partial charge in [-0.3, -0.25) is 9.69 Å². The zero-order valence-corrected chi connectivity index (χ0v) is 12.1. The van der Waals surface area contributed by atoms with Gasteiger partial charge in [0.05, 0.1) is 6.04 Å². The number of rotatable bonds is 1. The lowest BCUT2D eigenvalue weighted by atomic mass is 9.75. The van der Waals surface area contributed by atoms with Gasteiger partial charge in [0.15, 0.2) is 0 Å². The van der Waals surface area contributed by atoms with Crippen LogP contribution >= 0.6 is 0 Å². The number of hydrogen-bond donors (Lipinski definition) is 0. The first kappa shape index (κ1) is 12.8. The maximum absolute atomic E-state index is 12.5. The Morgan fingerprint density at radius 2 is 1.95 bits per heavy atom. The van der Waals surface area contributed by atoms with Gasteiger partial charge in [-0.15, -0.1) is 0 Å². The minimum Gasteiger partial charge on any atom is -0.444 e. The molecule has 5 nitrogen and oxygen atoms in total. The van der Waals surface area contributed by atoms with E-state index in [9.17, 15) is 9.59 Å². The summed E-state index contributed by atoms with van der Waals surface area (Å²) in [5.74, 6) is 0.100. The SMILES string of the molecule is CC(C)(C)OC(=O)N1[C@H]2CN(C3CC3)C(=O)[C@]1(C)C2. The zero-order chi connectivity index (χ0) is 14.0. The summed E-state index contributed by atoms with van der Waals surface area (Å²) in [6.07, 6.45) is 2.64. The lowest BCUT2D eigenvalue weighted by Gasteiger charge is -2.61. The van der Waals surface area contributed by atoms with E-state index in [4.69, 9.17) is 4.74 Å². The van der Waals surface area contributed by atoms with Gasteiger partial charge in [0.2, 0.25) is 5.91 Å². The van der Waals surface area contributed by atoms with Crippen LogP contribution in [0.2, 0.25) is 0 Å². The monoisotopic (exact) mass is 266 g/mol. The molecule has 3 heterocycles. The number of hydrogen-bond acceptors (Lipinski definition) is 3. The second-order valence-electron chi connectivity index (χ2n) is 7.17. The molecule has 4 rings (SSSR count). The third-order valence-corrected chi connectivity index (χ3v) is 4.24. The molecular formula is C14H22N2O3. The third-order valence-electron chi connectivity index (χ3n) is 4.24. The van der Waals surface area contributed by atoms with Crippen molar-refractivity contribution in [2.24, 2.45) is 0 Å². The average Bonchev–Trinajstić information content (AvgIpc) is 3.01. The van der Waals surface area contributed by atoms with Crippen LogP contribution < -0.4 is 0 Å². The van der Waals surface area contributed by atoms with E-state index >= 15 is 0 Å². The Bertz CT molecular complexity index is 438. The van der Waals surface area contributed by atoms with Crippen molar-refractivity contribution >= 4 is 12.0 Å². The van der Waals surface area contributed by atoms with E-state index in [1.807, 2.05) is 32.6 Å². The Morgan fingerprint density at radius 1 is 1.32 bits per heavy atom. The first-order valence-electron chi connectivity index (χ1n) is 7.06. The van der Waals surface area contributed by atoms with Gasteiger partial charge in [-0.05, 0) is 40.5 Å². The van der Waals surface area contributed by atoms with E-state index in [-0.39, 0.29) is 18.0 Å². The van der Waals surface area contributed by atoms with Crippen molar-refractivity contribution in [2.45, 2.75) is 70.2 Å². The molecule has 4 fully saturated rings. The summed E-state index contributed by atoms with van der Waals surface area (Å²) in [6.45, 7) is 8.09. The first-order valence-corrected chi connectivity index (χ1v) is 7.06. The van der Waals surface area contributed by atoms with E-state index in [2.05, 4.69) is 0 Å². The molecule has 0 radical (unpaired) electrons. The zero-order valence-electron chi connectivity index (χ0n) is 12.1. The highest BCUT2D eigenvalue weighted by Crippen LogP contribution is 2.46. The van der Waals surface area contributed by atoms with Crippen LogP contribution in [0.25, 0.3) is 0 Å². The second-order valence-corrected chi connectivity index (χ2v) is 7.17. The summed E-state index contributed by atoms with van der Waals surface area (Å²) < 4.78 is 5.42. The lowest BCUT2D eigenvalue weighted by Crippen LogP contribution is -2.79. The minimum absolute atomic E-state index is 0.100. The maximum Gasteiger partial charge on any atom is 0.411 e. The molecule has 2 atom stereocenters. The average molecular weight is 266 g/mol. The molecule has 4 aliphatic rings. The Hall–Kier alpha value is -1.26. The molecule has 0 aromatic heterocycles. The fraction of sp³-hybridized carbons (Fsp3) is 0.857. The van der Waals surface area contributed by atoms with Gasteiger partial charge in [-0.2, -0.15) is 0 Å². The van der Waals surface area contributed by atoms with Crippen LogP contribution in [0.3, 0.4) is 0 Å². The fourth-order valence-electron chi connectivity index (χ4n) is 3.26. The van der Waals surface area contributed by atoms with E-state index in [0.29, 0.717) is 12.6 Å². The molecule has 3 aliphatic heterocycles. The van der Waals surface area contributed by atoms with Crippen molar-refractivity contribution in [3.63, 3.8) is 0 Å². The van der Waals surface area contributed by atoms with Crippen molar-refractivity contribution in [3.05, 3.63) is 0 Å². The highest BCUT2D eigenvalue weighted by Gasteiger charge is 2.63. The van der Waals surface area contributed by atoms with Gasteiger partial charge < -0.3 is 9.64 Å².